The van der Waals surface area contributed by atoms with E-state index in [9.17, 15) is 19.5 Å². The molecule has 0 saturated heterocycles. The van der Waals surface area contributed by atoms with Crippen molar-refractivity contribution in [3.05, 3.63) is 69.3 Å². The molecule has 5 N–H and O–H groups in total. The van der Waals surface area contributed by atoms with E-state index in [-0.39, 0.29) is 22.3 Å². The Bertz CT molecular complexity index is 1260. The number of aromatic amines is 1. The molecule has 1 aromatic heterocycles. The number of H-pyrrole nitrogens is 1. The number of hydrogen-bond acceptors (Lipinski definition) is 3. The zero-order chi connectivity index (χ0) is 23.5. The third kappa shape index (κ3) is 5.66. The van der Waals surface area contributed by atoms with Gasteiger partial charge in [0.15, 0.2) is 0 Å². The van der Waals surface area contributed by atoms with Gasteiger partial charge in [0.2, 0.25) is 5.91 Å². The van der Waals surface area contributed by atoms with Gasteiger partial charge in [-0.05, 0) is 48.7 Å². The number of urea groups is 1. The molecule has 1 aliphatic carbocycles. The molecule has 1 heterocycles. The van der Waals surface area contributed by atoms with Crippen LogP contribution in [0, 0.1) is 0 Å². The fourth-order valence-corrected chi connectivity index (χ4v) is 3.90. The molecule has 4 rings (SSSR count). The number of carbonyl (C=O) groups excluding carboxylic acids is 2. The number of nitrogens with one attached hydrogen (secondary N) is 4. The second-order valence-corrected chi connectivity index (χ2v) is 8.49. The number of benzene rings is 2. The number of rotatable bonds is 7. The summed E-state index contributed by atoms with van der Waals surface area (Å²) in [6.07, 6.45) is 4.68. The average molecular weight is 487 g/mol. The van der Waals surface area contributed by atoms with Crippen LogP contribution in [-0.2, 0) is 11.3 Å². The molecule has 0 aliphatic heterocycles. The van der Waals surface area contributed by atoms with Gasteiger partial charge in [0.1, 0.15) is 5.69 Å². The van der Waals surface area contributed by atoms with Crippen LogP contribution >= 0.6 is 23.2 Å². The van der Waals surface area contributed by atoms with Crippen molar-refractivity contribution in [3.63, 3.8) is 0 Å². The molecule has 0 bridgehead atoms. The maximum Gasteiger partial charge on any atom is 0.352 e. The number of aromatic carboxylic acids is 1. The Hall–Kier alpha value is -3.49. The van der Waals surface area contributed by atoms with E-state index in [2.05, 4.69) is 20.9 Å². The van der Waals surface area contributed by atoms with E-state index in [0.717, 1.165) is 18.4 Å². The number of carboxylic acids is 1. The number of aromatic nitrogens is 1. The summed E-state index contributed by atoms with van der Waals surface area (Å²) < 4.78 is 0. The summed E-state index contributed by atoms with van der Waals surface area (Å²) in [6.45, 7) is 0.371. The van der Waals surface area contributed by atoms with E-state index in [1.165, 1.54) is 18.2 Å². The van der Waals surface area contributed by atoms with E-state index in [4.69, 9.17) is 23.2 Å². The first-order chi connectivity index (χ1) is 15.8. The van der Waals surface area contributed by atoms with E-state index < -0.39 is 11.9 Å². The Morgan fingerprint density at radius 2 is 1.85 bits per heavy atom. The van der Waals surface area contributed by atoms with Crippen LogP contribution in [0.2, 0.25) is 10.0 Å². The standard InChI is InChI=1S/C23H20Cl2N4O4/c24-13-9-17(25)20-16(21(22(31)32)29-18(20)10-13)7-8-19(30)27-14-3-1-12(2-4-14)11-26-23(33)28-15-5-6-15/h1-4,7-10,15,29H,5-6,11H2,(H,27,30)(H,31,32)(H2,26,28,33)/b8-7+. The molecule has 1 saturated carbocycles. The van der Waals surface area contributed by atoms with Crippen LogP contribution in [0.4, 0.5) is 10.5 Å². The smallest absolute Gasteiger partial charge is 0.352 e. The molecule has 3 aromatic rings. The molecule has 170 valence electrons. The predicted octanol–water partition coefficient (Wildman–Crippen LogP) is 4.79. The number of carboxylic acid groups (broad SMARTS) is 1. The zero-order valence-electron chi connectivity index (χ0n) is 17.2. The molecule has 1 fully saturated rings. The topological polar surface area (TPSA) is 123 Å². The maximum atomic E-state index is 12.4. The third-order valence-electron chi connectivity index (χ3n) is 5.06. The lowest BCUT2D eigenvalue weighted by molar-refractivity contribution is -0.111. The lowest BCUT2D eigenvalue weighted by atomic mass is 10.1. The summed E-state index contributed by atoms with van der Waals surface area (Å²) >= 11 is 12.3. The molecule has 0 radical (unpaired) electrons. The van der Waals surface area contributed by atoms with Gasteiger partial charge in [-0.1, -0.05) is 35.3 Å². The number of hydrogen-bond donors (Lipinski definition) is 5. The van der Waals surface area contributed by atoms with Gasteiger partial charge in [-0.15, -0.1) is 0 Å². The summed E-state index contributed by atoms with van der Waals surface area (Å²) in [4.78, 5) is 38.5. The molecule has 10 heteroatoms. The van der Waals surface area contributed by atoms with Gasteiger partial charge in [0.05, 0.1) is 5.02 Å². The lowest BCUT2D eigenvalue weighted by Gasteiger charge is -2.08. The minimum atomic E-state index is -1.19. The number of anilines is 1. The predicted molar refractivity (Wildman–Crippen MR) is 128 cm³/mol. The molecule has 0 atom stereocenters. The Morgan fingerprint density at radius 3 is 2.52 bits per heavy atom. The molecule has 8 nitrogen and oxygen atoms in total. The molecular weight excluding hydrogens is 467 g/mol. The van der Waals surface area contributed by atoms with Gasteiger partial charge in [-0.2, -0.15) is 0 Å². The minimum absolute atomic E-state index is 0.0965. The zero-order valence-corrected chi connectivity index (χ0v) is 18.8. The second kappa shape index (κ2) is 9.56. The summed E-state index contributed by atoms with van der Waals surface area (Å²) in [5.74, 6) is -1.63. The van der Waals surface area contributed by atoms with Crippen molar-refractivity contribution in [2.45, 2.75) is 25.4 Å². The Labute approximate surface area is 199 Å². The lowest BCUT2D eigenvalue weighted by Crippen LogP contribution is -2.36. The molecule has 0 unspecified atom stereocenters. The summed E-state index contributed by atoms with van der Waals surface area (Å²) in [5, 5.41) is 19.0. The van der Waals surface area contributed by atoms with Crippen molar-refractivity contribution >= 4 is 63.8 Å². The van der Waals surface area contributed by atoms with Gasteiger partial charge in [0, 0.05) is 45.8 Å². The monoisotopic (exact) mass is 486 g/mol. The third-order valence-corrected chi connectivity index (χ3v) is 5.57. The summed E-state index contributed by atoms with van der Waals surface area (Å²) in [7, 11) is 0. The van der Waals surface area contributed by atoms with Crippen molar-refractivity contribution in [3.8, 4) is 0 Å². The van der Waals surface area contributed by atoms with E-state index in [1.54, 1.807) is 30.3 Å². The fourth-order valence-electron chi connectivity index (χ4n) is 3.30. The molecular formula is C23H20Cl2N4O4. The molecule has 3 amide bonds. The summed E-state index contributed by atoms with van der Waals surface area (Å²) in [6, 6.07) is 10.2. The molecule has 33 heavy (non-hydrogen) atoms. The fraction of sp³-hybridized carbons (Fsp3) is 0.174. The van der Waals surface area contributed by atoms with Gasteiger partial charge in [0.25, 0.3) is 0 Å². The highest BCUT2D eigenvalue weighted by Gasteiger charge is 2.23. The van der Waals surface area contributed by atoms with E-state index >= 15 is 0 Å². The van der Waals surface area contributed by atoms with Crippen molar-refractivity contribution in [1.82, 2.24) is 15.6 Å². The molecule has 1 aliphatic rings. The second-order valence-electron chi connectivity index (χ2n) is 7.65. The highest BCUT2D eigenvalue weighted by Crippen LogP contribution is 2.33. The average Bonchev–Trinajstić information content (AvgIpc) is 3.49. The molecule has 2 aromatic carbocycles. The maximum absolute atomic E-state index is 12.4. The van der Waals surface area contributed by atoms with Crippen LogP contribution < -0.4 is 16.0 Å². The highest BCUT2D eigenvalue weighted by atomic mass is 35.5. The van der Waals surface area contributed by atoms with Crippen LogP contribution in [-0.4, -0.2) is 34.0 Å². The van der Waals surface area contributed by atoms with Crippen LogP contribution in [0.15, 0.2) is 42.5 Å². The first kappa shape index (κ1) is 22.7. The quantitative estimate of drug-likeness (QED) is 0.308. The SMILES string of the molecule is O=C(/C=C/c1c(C(=O)O)[nH]c2cc(Cl)cc(Cl)c12)Nc1ccc(CNC(=O)NC2CC2)cc1. The highest BCUT2D eigenvalue weighted by molar-refractivity contribution is 6.39. The van der Waals surface area contributed by atoms with Crippen LogP contribution in [0.3, 0.4) is 0 Å². The van der Waals surface area contributed by atoms with E-state index in [1.807, 2.05) is 0 Å². The van der Waals surface area contributed by atoms with Crippen molar-refractivity contribution in [1.29, 1.82) is 0 Å². The van der Waals surface area contributed by atoms with Crippen molar-refractivity contribution in [2.75, 3.05) is 5.32 Å². The number of carbonyl (C=O) groups is 3. The van der Waals surface area contributed by atoms with Crippen LogP contribution in [0.1, 0.15) is 34.5 Å². The van der Waals surface area contributed by atoms with Crippen molar-refractivity contribution in [2.24, 2.45) is 0 Å². The Morgan fingerprint density at radius 1 is 1.12 bits per heavy atom. The largest absolute Gasteiger partial charge is 0.477 e. The first-order valence-electron chi connectivity index (χ1n) is 10.2. The molecule has 0 spiro atoms. The minimum Gasteiger partial charge on any atom is -0.477 e. The van der Waals surface area contributed by atoms with E-state index in [0.29, 0.717) is 34.2 Å². The van der Waals surface area contributed by atoms with Crippen molar-refractivity contribution < 1.29 is 19.5 Å². The Balaban J connectivity index is 1.42. The first-order valence-corrected chi connectivity index (χ1v) is 10.9. The van der Waals surface area contributed by atoms with Gasteiger partial charge in [-0.25, -0.2) is 9.59 Å². The summed E-state index contributed by atoms with van der Waals surface area (Å²) in [5.41, 5.74) is 2.08. The normalized spacial score (nSPS) is 13.3. The number of amides is 3. The van der Waals surface area contributed by atoms with Gasteiger partial charge >= 0.3 is 12.0 Å². The number of fused-ring (bicyclic) bond motifs is 1. The van der Waals surface area contributed by atoms with Crippen LogP contribution in [0.25, 0.3) is 17.0 Å². The van der Waals surface area contributed by atoms with Crippen LogP contribution in [0.5, 0.6) is 0 Å². The number of halogens is 2. The Kier molecular flexibility index (Phi) is 6.57. The van der Waals surface area contributed by atoms with Gasteiger partial charge in [-0.3, -0.25) is 4.79 Å². The van der Waals surface area contributed by atoms with Gasteiger partial charge < -0.3 is 26.0 Å².